The van der Waals surface area contributed by atoms with E-state index in [1.807, 2.05) is 24.3 Å². The van der Waals surface area contributed by atoms with Gasteiger partial charge in [0.2, 0.25) is 0 Å². The Bertz CT molecular complexity index is 582. The molecule has 0 aliphatic carbocycles. The maximum Gasteiger partial charge on any atom is 0.254 e. The molecule has 100 valence electrons. The number of halogens is 1. The topological polar surface area (TPSA) is 29.5 Å². The SMILES string of the molecule is COc1cccc(C(=O)N(C)Cc2ccc(Cl)s2)c1. The van der Waals surface area contributed by atoms with Crippen LogP contribution in [0.15, 0.2) is 36.4 Å². The summed E-state index contributed by atoms with van der Waals surface area (Å²) in [5.41, 5.74) is 0.615. The summed E-state index contributed by atoms with van der Waals surface area (Å²) >= 11 is 7.36. The summed E-state index contributed by atoms with van der Waals surface area (Å²) in [5.74, 6) is 0.641. The van der Waals surface area contributed by atoms with Gasteiger partial charge in [-0.15, -0.1) is 11.3 Å². The lowest BCUT2D eigenvalue weighted by Crippen LogP contribution is -2.25. The lowest BCUT2D eigenvalue weighted by Gasteiger charge is -2.16. The van der Waals surface area contributed by atoms with Gasteiger partial charge in [-0.05, 0) is 30.3 Å². The Morgan fingerprint density at radius 1 is 1.37 bits per heavy atom. The minimum Gasteiger partial charge on any atom is -0.497 e. The minimum absolute atomic E-state index is 0.0385. The van der Waals surface area contributed by atoms with Gasteiger partial charge in [-0.1, -0.05) is 17.7 Å². The average Bonchev–Trinajstić information content (AvgIpc) is 2.83. The van der Waals surface area contributed by atoms with Crippen molar-refractivity contribution in [1.29, 1.82) is 0 Å². The third-order valence-electron chi connectivity index (χ3n) is 2.69. The van der Waals surface area contributed by atoms with Crippen molar-refractivity contribution in [3.05, 3.63) is 51.2 Å². The number of thiophene rings is 1. The van der Waals surface area contributed by atoms with E-state index in [1.165, 1.54) is 11.3 Å². The van der Waals surface area contributed by atoms with Crippen LogP contribution in [0.1, 0.15) is 15.2 Å². The number of carbonyl (C=O) groups excluding carboxylic acids is 1. The Labute approximate surface area is 121 Å². The number of rotatable bonds is 4. The van der Waals surface area contributed by atoms with E-state index in [-0.39, 0.29) is 5.91 Å². The van der Waals surface area contributed by atoms with Gasteiger partial charge in [0.05, 0.1) is 18.0 Å². The molecule has 1 aromatic carbocycles. The standard InChI is InChI=1S/C14H14ClNO2S/c1-16(9-12-6-7-13(15)19-12)14(17)10-4-3-5-11(8-10)18-2/h3-8H,9H2,1-2H3. The smallest absolute Gasteiger partial charge is 0.254 e. The van der Waals surface area contributed by atoms with Crippen molar-refractivity contribution in [3.8, 4) is 5.75 Å². The Kier molecular flexibility index (Phi) is 4.45. The fourth-order valence-electron chi connectivity index (χ4n) is 1.72. The molecule has 0 atom stereocenters. The molecular weight excluding hydrogens is 282 g/mol. The molecule has 5 heteroatoms. The van der Waals surface area contributed by atoms with E-state index in [0.717, 1.165) is 9.21 Å². The largest absolute Gasteiger partial charge is 0.497 e. The normalized spacial score (nSPS) is 10.3. The molecule has 2 aromatic rings. The molecule has 1 amide bonds. The summed E-state index contributed by atoms with van der Waals surface area (Å²) < 4.78 is 5.85. The summed E-state index contributed by atoms with van der Waals surface area (Å²) in [6.07, 6.45) is 0. The maximum absolute atomic E-state index is 12.3. The summed E-state index contributed by atoms with van der Waals surface area (Å²) in [7, 11) is 3.36. The Morgan fingerprint density at radius 3 is 2.79 bits per heavy atom. The van der Waals surface area contributed by atoms with Gasteiger partial charge in [0.1, 0.15) is 5.75 Å². The van der Waals surface area contributed by atoms with Crippen LogP contribution in [0.25, 0.3) is 0 Å². The first-order valence-electron chi connectivity index (χ1n) is 5.74. The molecule has 3 nitrogen and oxygen atoms in total. The first-order valence-corrected chi connectivity index (χ1v) is 6.93. The molecule has 1 heterocycles. The van der Waals surface area contributed by atoms with E-state index < -0.39 is 0 Å². The fraction of sp³-hybridized carbons (Fsp3) is 0.214. The molecule has 0 aliphatic heterocycles. The Morgan fingerprint density at radius 2 is 2.16 bits per heavy atom. The van der Waals surface area contributed by atoms with Crippen molar-refractivity contribution in [2.24, 2.45) is 0 Å². The summed E-state index contributed by atoms with van der Waals surface area (Å²) in [4.78, 5) is 15.0. The molecule has 1 aromatic heterocycles. The van der Waals surface area contributed by atoms with Crippen LogP contribution in [-0.4, -0.2) is 25.0 Å². The Balaban J connectivity index is 2.09. The zero-order valence-corrected chi connectivity index (χ0v) is 12.3. The molecule has 0 bridgehead atoms. The van der Waals surface area contributed by atoms with Crippen LogP contribution >= 0.6 is 22.9 Å². The average molecular weight is 296 g/mol. The zero-order valence-electron chi connectivity index (χ0n) is 10.7. The molecule has 0 saturated heterocycles. The number of carbonyl (C=O) groups is 1. The van der Waals surface area contributed by atoms with Crippen molar-refractivity contribution in [3.63, 3.8) is 0 Å². The number of ether oxygens (including phenoxy) is 1. The molecule has 0 fully saturated rings. The molecule has 0 spiro atoms. The number of nitrogens with zero attached hydrogens (tertiary/aromatic N) is 1. The van der Waals surface area contributed by atoms with Crippen LogP contribution in [0, 0.1) is 0 Å². The predicted octanol–water partition coefficient (Wildman–Crippen LogP) is 3.68. The third-order valence-corrected chi connectivity index (χ3v) is 3.90. The monoisotopic (exact) mass is 295 g/mol. The van der Waals surface area contributed by atoms with Crippen LogP contribution in [0.3, 0.4) is 0 Å². The predicted molar refractivity (Wildman–Crippen MR) is 78.1 cm³/mol. The second-order valence-corrected chi connectivity index (χ2v) is 5.90. The van der Waals surface area contributed by atoms with Gasteiger partial charge < -0.3 is 9.64 Å². The molecule has 2 rings (SSSR count). The molecule has 0 saturated carbocycles. The fourth-order valence-corrected chi connectivity index (χ4v) is 2.86. The van der Waals surface area contributed by atoms with E-state index in [1.54, 1.807) is 31.2 Å². The van der Waals surface area contributed by atoms with Crippen LogP contribution < -0.4 is 4.74 Å². The lowest BCUT2D eigenvalue weighted by atomic mass is 10.2. The Hall–Kier alpha value is -1.52. The molecule has 0 radical (unpaired) electrons. The third kappa shape index (κ3) is 3.49. The highest BCUT2D eigenvalue weighted by Gasteiger charge is 2.13. The van der Waals surface area contributed by atoms with Crippen LogP contribution in [-0.2, 0) is 6.54 Å². The molecular formula is C14H14ClNO2S. The highest BCUT2D eigenvalue weighted by molar-refractivity contribution is 7.16. The summed E-state index contributed by atoms with van der Waals surface area (Å²) in [6.45, 7) is 0.549. The lowest BCUT2D eigenvalue weighted by molar-refractivity contribution is 0.0786. The van der Waals surface area contributed by atoms with Crippen LogP contribution in [0.5, 0.6) is 5.75 Å². The van der Waals surface area contributed by atoms with Gasteiger partial charge in [-0.25, -0.2) is 0 Å². The second kappa shape index (κ2) is 6.08. The summed E-state index contributed by atoms with van der Waals surface area (Å²) in [6, 6.07) is 10.9. The van der Waals surface area contributed by atoms with Gasteiger partial charge in [0.15, 0.2) is 0 Å². The van der Waals surface area contributed by atoms with E-state index in [0.29, 0.717) is 17.9 Å². The first-order chi connectivity index (χ1) is 9.10. The summed E-state index contributed by atoms with van der Waals surface area (Å²) in [5, 5.41) is 0. The van der Waals surface area contributed by atoms with Crippen LogP contribution in [0.2, 0.25) is 4.34 Å². The van der Waals surface area contributed by atoms with Crippen molar-refractivity contribution in [1.82, 2.24) is 4.90 Å². The quantitative estimate of drug-likeness (QED) is 0.861. The highest BCUT2D eigenvalue weighted by atomic mass is 35.5. The molecule has 0 aliphatic rings. The highest BCUT2D eigenvalue weighted by Crippen LogP contribution is 2.23. The number of methoxy groups -OCH3 is 1. The van der Waals surface area contributed by atoms with E-state index in [2.05, 4.69) is 0 Å². The minimum atomic E-state index is -0.0385. The number of benzene rings is 1. The molecule has 19 heavy (non-hydrogen) atoms. The van der Waals surface area contributed by atoms with Gasteiger partial charge in [-0.3, -0.25) is 4.79 Å². The number of amides is 1. The molecule has 0 N–H and O–H groups in total. The van der Waals surface area contributed by atoms with E-state index >= 15 is 0 Å². The van der Waals surface area contributed by atoms with Gasteiger partial charge >= 0.3 is 0 Å². The van der Waals surface area contributed by atoms with Crippen molar-refractivity contribution >= 4 is 28.8 Å². The van der Waals surface area contributed by atoms with Crippen molar-refractivity contribution < 1.29 is 9.53 Å². The second-order valence-electron chi connectivity index (χ2n) is 4.10. The van der Waals surface area contributed by atoms with Gasteiger partial charge in [0.25, 0.3) is 5.91 Å². The van der Waals surface area contributed by atoms with Gasteiger partial charge in [-0.2, -0.15) is 0 Å². The van der Waals surface area contributed by atoms with E-state index in [9.17, 15) is 4.79 Å². The van der Waals surface area contributed by atoms with Gasteiger partial charge in [0, 0.05) is 17.5 Å². The maximum atomic E-state index is 12.3. The number of hydrogen-bond donors (Lipinski definition) is 0. The zero-order chi connectivity index (χ0) is 13.8. The first kappa shape index (κ1) is 13.9. The van der Waals surface area contributed by atoms with E-state index in [4.69, 9.17) is 16.3 Å². The van der Waals surface area contributed by atoms with Crippen molar-refractivity contribution in [2.75, 3.05) is 14.2 Å². The van der Waals surface area contributed by atoms with Crippen LogP contribution in [0.4, 0.5) is 0 Å². The molecule has 0 unspecified atom stereocenters. The van der Waals surface area contributed by atoms with Crippen molar-refractivity contribution in [2.45, 2.75) is 6.54 Å². The number of hydrogen-bond acceptors (Lipinski definition) is 3.